The third-order valence-electron chi connectivity index (χ3n) is 5.90. The highest BCUT2D eigenvalue weighted by molar-refractivity contribution is 5.95. The molecule has 0 radical (unpaired) electrons. The molecule has 2 aliphatic heterocycles. The first-order valence-electron chi connectivity index (χ1n) is 10.1. The molecule has 1 fully saturated rings. The van der Waals surface area contributed by atoms with Gasteiger partial charge in [-0.15, -0.1) is 0 Å². The van der Waals surface area contributed by atoms with E-state index in [4.69, 9.17) is 5.73 Å². The first kappa shape index (κ1) is 18.9. The molecule has 8 heteroatoms. The highest BCUT2D eigenvalue weighted by Gasteiger charge is 2.35. The SMILES string of the molecule is CN1CCN(C2CC(F)=Nc3c2[nH]c(-c2ccnc(N)c2)c3-c2ccccn2)CC1. The van der Waals surface area contributed by atoms with Gasteiger partial charge in [0.2, 0.25) is 0 Å². The summed E-state index contributed by atoms with van der Waals surface area (Å²) in [5, 5.41) is 0. The second kappa shape index (κ2) is 7.62. The number of rotatable bonds is 3. The fraction of sp³-hybridized carbons (Fsp3) is 0.318. The number of nitrogens with two attached hydrogens (primary N) is 1. The van der Waals surface area contributed by atoms with E-state index in [1.165, 1.54) is 0 Å². The molecule has 1 saturated heterocycles. The Kier molecular flexibility index (Phi) is 4.80. The Bertz CT molecular complexity index is 1080. The predicted molar refractivity (Wildman–Crippen MR) is 116 cm³/mol. The number of hydrogen-bond donors (Lipinski definition) is 2. The Morgan fingerprint density at radius 3 is 2.67 bits per heavy atom. The Labute approximate surface area is 174 Å². The minimum atomic E-state index is -0.344. The van der Waals surface area contributed by atoms with Crippen molar-refractivity contribution in [2.45, 2.75) is 12.5 Å². The van der Waals surface area contributed by atoms with Gasteiger partial charge in [0.15, 0.2) is 5.97 Å². The fourth-order valence-corrected chi connectivity index (χ4v) is 4.32. The van der Waals surface area contributed by atoms with Gasteiger partial charge in [-0.25, -0.2) is 9.98 Å². The van der Waals surface area contributed by atoms with E-state index in [1.54, 1.807) is 12.4 Å². The van der Waals surface area contributed by atoms with Crippen molar-refractivity contribution in [1.29, 1.82) is 0 Å². The lowest BCUT2D eigenvalue weighted by molar-refractivity contribution is 0.111. The van der Waals surface area contributed by atoms with Crippen LogP contribution in [0.5, 0.6) is 0 Å². The van der Waals surface area contributed by atoms with Gasteiger partial charge in [-0.05, 0) is 31.3 Å². The number of aromatic amines is 1. The third-order valence-corrected chi connectivity index (χ3v) is 5.90. The summed E-state index contributed by atoms with van der Waals surface area (Å²) >= 11 is 0. The summed E-state index contributed by atoms with van der Waals surface area (Å²) in [6.45, 7) is 3.71. The molecule has 2 aliphatic rings. The van der Waals surface area contributed by atoms with Gasteiger partial charge in [0.05, 0.1) is 34.4 Å². The average molecular weight is 405 g/mol. The largest absolute Gasteiger partial charge is 0.384 e. The zero-order valence-electron chi connectivity index (χ0n) is 16.8. The second-order valence-corrected chi connectivity index (χ2v) is 7.87. The lowest BCUT2D eigenvalue weighted by Gasteiger charge is -2.38. The highest BCUT2D eigenvalue weighted by Crippen LogP contribution is 2.47. The molecule has 30 heavy (non-hydrogen) atoms. The quantitative estimate of drug-likeness (QED) is 0.697. The monoisotopic (exact) mass is 405 g/mol. The maximum atomic E-state index is 14.8. The summed E-state index contributed by atoms with van der Waals surface area (Å²) in [5.74, 6) is 0.0840. The minimum absolute atomic E-state index is 0.0819. The molecule has 0 saturated carbocycles. The van der Waals surface area contributed by atoms with Crippen LogP contribution in [0.2, 0.25) is 0 Å². The zero-order valence-corrected chi connectivity index (χ0v) is 16.8. The van der Waals surface area contributed by atoms with Crippen LogP contribution in [0.3, 0.4) is 0 Å². The van der Waals surface area contributed by atoms with Gasteiger partial charge in [-0.1, -0.05) is 6.07 Å². The second-order valence-electron chi connectivity index (χ2n) is 7.87. The molecule has 5 rings (SSSR count). The van der Waals surface area contributed by atoms with Crippen LogP contribution in [-0.2, 0) is 0 Å². The molecule has 7 nitrogen and oxygen atoms in total. The Morgan fingerprint density at radius 1 is 1.10 bits per heavy atom. The lowest BCUT2D eigenvalue weighted by atomic mass is 9.99. The van der Waals surface area contributed by atoms with Crippen molar-refractivity contribution < 1.29 is 4.39 Å². The maximum absolute atomic E-state index is 14.8. The number of H-pyrrole nitrogens is 1. The number of nitrogens with zero attached hydrogens (tertiary/aromatic N) is 5. The smallest absolute Gasteiger partial charge is 0.191 e. The summed E-state index contributed by atoms with van der Waals surface area (Å²) in [6.07, 6.45) is 3.69. The van der Waals surface area contributed by atoms with Crippen LogP contribution in [0.15, 0.2) is 47.7 Å². The molecular formula is C22H24FN7. The van der Waals surface area contributed by atoms with Crippen molar-refractivity contribution >= 4 is 17.5 Å². The Balaban J connectivity index is 1.69. The number of aliphatic imine (C=N–C) groups is 1. The first-order chi connectivity index (χ1) is 14.6. The summed E-state index contributed by atoms with van der Waals surface area (Å²) in [5.41, 5.74) is 10.8. The highest BCUT2D eigenvalue weighted by atomic mass is 19.1. The van der Waals surface area contributed by atoms with E-state index < -0.39 is 0 Å². The molecule has 1 unspecified atom stereocenters. The number of aromatic nitrogens is 3. The van der Waals surface area contributed by atoms with Gasteiger partial charge in [0.25, 0.3) is 0 Å². The summed E-state index contributed by atoms with van der Waals surface area (Å²) in [6, 6.07) is 9.34. The molecule has 1 atom stereocenters. The van der Waals surface area contributed by atoms with Crippen LogP contribution in [0.4, 0.5) is 15.9 Å². The number of hydrogen-bond acceptors (Lipinski definition) is 6. The Morgan fingerprint density at radius 2 is 1.93 bits per heavy atom. The normalized spacial score (nSPS) is 20.1. The minimum Gasteiger partial charge on any atom is -0.384 e. The zero-order chi connectivity index (χ0) is 20.7. The van der Waals surface area contributed by atoms with Crippen molar-refractivity contribution in [3.63, 3.8) is 0 Å². The molecule has 3 aromatic rings. The van der Waals surface area contributed by atoms with Crippen LogP contribution in [0.1, 0.15) is 18.2 Å². The third kappa shape index (κ3) is 3.38. The topological polar surface area (TPSA) is 86.4 Å². The van der Waals surface area contributed by atoms with E-state index in [-0.39, 0.29) is 18.4 Å². The van der Waals surface area contributed by atoms with Gasteiger partial charge in [-0.2, -0.15) is 4.39 Å². The fourth-order valence-electron chi connectivity index (χ4n) is 4.32. The number of anilines is 1. The van der Waals surface area contributed by atoms with Gasteiger partial charge in [0.1, 0.15) is 5.82 Å². The summed E-state index contributed by atoms with van der Waals surface area (Å²) in [7, 11) is 2.12. The summed E-state index contributed by atoms with van der Waals surface area (Å²) < 4.78 is 14.8. The molecule has 0 spiro atoms. The molecule has 0 aliphatic carbocycles. The molecule has 0 aromatic carbocycles. The number of nitrogens with one attached hydrogen (secondary N) is 1. The standard InChI is InChI=1S/C22H24FN7/c1-29-8-10-30(11-9-29)16-13-17(23)27-22-19(15-4-2-3-6-25-15)20(28-21(16)22)14-5-7-26-18(24)12-14/h2-7,12,16,28H,8-11,13H2,1H3,(H2,24,26). The molecule has 0 amide bonds. The van der Waals surface area contributed by atoms with Gasteiger partial charge < -0.3 is 15.6 Å². The van der Waals surface area contributed by atoms with Crippen molar-refractivity contribution in [3.05, 3.63) is 48.4 Å². The molecule has 154 valence electrons. The van der Waals surface area contributed by atoms with Crippen molar-refractivity contribution in [3.8, 4) is 22.5 Å². The number of likely N-dealkylation sites (N-methyl/N-ethyl adjacent to an activating group) is 1. The molecule has 0 bridgehead atoms. The van der Waals surface area contributed by atoms with Crippen LogP contribution >= 0.6 is 0 Å². The van der Waals surface area contributed by atoms with Crippen molar-refractivity contribution in [2.24, 2.45) is 4.99 Å². The van der Waals surface area contributed by atoms with Gasteiger partial charge in [0, 0.05) is 50.6 Å². The van der Waals surface area contributed by atoms with Gasteiger partial charge >= 0.3 is 0 Å². The lowest BCUT2D eigenvalue weighted by Crippen LogP contribution is -2.46. The summed E-state index contributed by atoms with van der Waals surface area (Å²) in [4.78, 5) is 21.2. The van der Waals surface area contributed by atoms with Crippen LogP contribution in [0.25, 0.3) is 22.5 Å². The van der Waals surface area contributed by atoms with Crippen LogP contribution in [-0.4, -0.2) is 63.9 Å². The van der Waals surface area contributed by atoms with E-state index >= 15 is 0 Å². The van der Waals surface area contributed by atoms with E-state index in [9.17, 15) is 4.39 Å². The van der Waals surface area contributed by atoms with E-state index in [2.05, 4.69) is 36.8 Å². The van der Waals surface area contributed by atoms with Gasteiger partial charge in [-0.3, -0.25) is 9.88 Å². The molecule has 3 aromatic heterocycles. The predicted octanol–water partition coefficient (Wildman–Crippen LogP) is 3.41. The van der Waals surface area contributed by atoms with Crippen molar-refractivity contribution in [2.75, 3.05) is 39.0 Å². The molecule has 3 N–H and O–H groups in total. The average Bonchev–Trinajstić information content (AvgIpc) is 3.14. The first-order valence-corrected chi connectivity index (χ1v) is 10.1. The number of piperazine rings is 1. The number of halogens is 1. The Hall–Kier alpha value is -3.10. The molecule has 5 heterocycles. The number of nitrogen functional groups attached to an aromatic ring is 1. The number of pyridine rings is 2. The van der Waals surface area contributed by atoms with E-state index in [0.29, 0.717) is 11.5 Å². The van der Waals surface area contributed by atoms with E-state index in [0.717, 1.165) is 54.4 Å². The van der Waals surface area contributed by atoms with Crippen LogP contribution < -0.4 is 5.73 Å². The van der Waals surface area contributed by atoms with Crippen molar-refractivity contribution in [1.82, 2.24) is 24.8 Å². The molecular weight excluding hydrogens is 381 g/mol. The van der Waals surface area contributed by atoms with E-state index in [1.807, 2.05) is 30.3 Å². The van der Waals surface area contributed by atoms with Crippen LogP contribution in [0, 0.1) is 0 Å². The maximum Gasteiger partial charge on any atom is 0.191 e. The number of fused-ring (bicyclic) bond motifs is 1.